The van der Waals surface area contributed by atoms with E-state index in [-0.39, 0.29) is 17.6 Å². The van der Waals surface area contributed by atoms with Crippen molar-refractivity contribution in [2.45, 2.75) is 46.0 Å². The van der Waals surface area contributed by atoms with Crippen molar-refractivity contribution in [2.24, 2.45) is 0 Å². The number of rotatable bonds is 5. The number of aryl methyl sites for hydroxylation is 3. The van der Waals surface area contributed by atoms with Crippen LogP contribution in [-0.4, -0.2) is 46.4 Å². The summed E-state index contributed by atoms with van der Waals surface area (Å²) in [6, 6.07) is 1.49. The minimum Gasteiger partial charge on any atom is -0.361 e. The van der Waals surface area contributed by atoms with E-state index in [1.54, 1.807) is 13.0 Å². The van der Waals surface area contributed by atoms with Crippen LogP contribution in [0, 0.1) is 20.8 Å². The zero-order valence-electron chi connectivity index (χ0n) is 14.0. The van der Waals surface area contributed by atoms with Crippen LogP contribution < -0.4 is 5.32 Å². The molecule has 1 aliphatic heterocycles. The van der Waals surface area contributed by atoms with Crippen molar-refractivity contribution < 1.29 is 18.2 Å². The number of carbonyl (C=O) groups is 1. The van der Waals surface area contributed by atoms with Gasteiger partial charge in [0.2, 0.25) is 0 Å². The molecule has 3 rings (SSSR count). The molecule has 130 valence electrons. The van der Waals surface area contributed by atoms with Crippen LogP contribution in [0.2, 0.25) is 0 Å². The Hall–Kier alpha value is -2.22. The summed E-state index contributed by atoms with van der Waals surface area (Å²) in [5, 5.41) is 10.4. The Balaban J connectivity index is 1.62. The largest absolute Gasteiger partial charge is 0.361 e. The molecule has 2 atom stereocenters. The van der Waals surface area contributed by atoms with Gasteiger partial charge in [-0.05, 0) is 27.2 Å². The number of aromatic nitrogens is 2. The monoisotopic (exact) mass is 336 g/mol. The van der Waals surface area contributed by atoms with Crippen molar-refractivity contribution in [3.63, 3.8) is 0 Å². The third-order valence-electron chi connectivity index (χ3n) is 4.38. The molecule has 0 bridgehead atoms. The number of nitrogens with zero attached hydrogens (tertiary/aromatic N) is 3. The van der Waals surface area contributed by atoms with Gasteiger partial charge >= 0.3 is 0 Å². The fourth-order valence-corrected chi connectivity index (χ4v) is 3.03. The minimum absolute atomic E-state index is 0.0781. The van der Waals surface area contributed by atoms with Gasteiger partial charge in [-0.15, -0.1) is 0 Å². The summed E-state index contributed by atoms with van der Waals surface area (Å²) in [4.78, 5) is 14.1. The maximum atomic E-state index is 13.9. The number of halogens is 1. The molecule has 0 aliphatic carbocycles. The van der Waals surface area contributed by atoms with Gasteiger partial charge in [0.15, 0.2) is 5.69 Å². The molecule has 7 nitrogen and oxygen atoms in total. The van der Waals surface area contributed by atoms with Gasteiger partial charge in [0.25, 0.3) is 5.91 Å². The zero-order chi connectivity index (χ0) is 17.3. The molecule has 1 fully saturated rings. The van der Waals surface area contributed by atoms with Crippen molar-refractivity contribution in [3.8, 4) is 0 Å². The Morgan fingerprint density at radius 3 is 2.79 bits per heavy atom. The van der Waals surface area contributed by atoms with E-state index in [9.17, 15) is 9.18 Å². The smallest absolute Gasteiger partial charge is 0.273 e. The van der Waals surface area contributed by atoms with Gasteiger partial charge in [0.1, 0.15) is 17.7 Å². The lowest BCUT2D eigenvalue weighted by atomic mass is 10.1. The lowest BCUT2D eigenvalue weighted by molar-refractivity contribution is 0.0930. The van der Waals surface area contributed by atoms with Crippen LogP contribution in [0.1, 0.15) is 39.7 Å². The molecule has 2 aromatic heterocycles. The molecular weight excluding hydrogens is 315 g/mol. The highest BCUT2D eigenvalue weighted by Crippen LogP contribution is 2.24. The molecule has 0 unspecified atom stereocenters. The van der Waals surface area contributed by atoms with E-state index in [0.717, 1.165) is 17.0 Å². The second-order valence-electron chi connectivity index (χ2n) is 6.25. The average Bonchev–Trinajstić information content (AvgIpc) is 3.20. The van der Waals surface area contributed by atoms with Crippen molar-refractivity contribution >= 4 is 5.91 Å². The van der Waals surface area contributed by atoms with E-state index in [1.807, 2.05) is 18.7 Å². The van der Waals surface area contributed by atoms with E-state index >= 15 is 0 Å². The van der Waals surface area contributed by atoms with Gasteiger partial charge in [0, 0.05) is 37.3 Å². The molecule has 1 saturated heterocycles. The summed E-state index contributed by atoms with van der Waals surface area (Å²) in [6.07, 6.45) is -0.511. The highest BCUT2D eigenvalue weighted by atomic mass is 19.1. The highest BCUT2D eigenvalue weighted by Gasteiger charge is 2.33. The van der Waals surface area contributed by atoms with E-state index in [4.69, 9.17) is 9.05 Å². The molecule has 8 heteroatoms. The van der Waals surface area contributed by atoms with Crippen molar-refractivity contribution in [1.29, 1.82) is 0 Å². The van der Waals surface area contributed by atoms with Crippen LogP contribution in [0.4, 0.5) is 4.39 Å². The first kappa shape index (κ1) is 16.6. The molecule has 1 N–H and O–H groups in total. The van der Waals surface area contributed by atoms with Gasteiger partial charge < -0.3 is 14.4 Å². The number of amides is 1. The topological polar surface area (TPSA) is 84.4 Å². The molecule has 24 heavy (non-hydrogen) atoms. The normalized spacial score (nSPS) is 21.3. The third-order valence-corrected chi connectivity index (χ3v) is 4.38. The van der Waals surface area contributed by atoms with Crippen LogP contribution in [0.5, 0.6) is 0 Å². The predicted octanol–water partition coefficient (Wildman–Crippen LogP) is 1.93. The molecule has 0 saturated carbocycles. The summed E-state index contributed by atoms with van der Waals surface area (Å²) in [6.45, 7) is 6.70. The molecule has 1 amide bonds. The highest BCUT2D eigenvalue weighted by molar-refractivity contribution is 5.92. The van der Waals surface area contributed by atoms with Crippen molar-refractivity contribution in [3.05, 3.63) is 34.5 Å². The number of likely N-dealkylation sites (tertiary alicyclic amines) is 1. The number of hydrogen-bond acceptors (Lipinski definition) is 6. The Kier molecular flexibility index (Phi) is 4.66. The Labute approximate surface area is 139 Å². The Morgan fingerprint density at radius 1 is 1.38 bits per heavy atom. The number of carbonyl (C=O) groups excluding carboxylic acids is 1. The van der Waals surface area contributed by atoms with Gasteiger partial charge in [-0.1, -0.05) is 10.3 Å². The molecule has 2 aromatic rings. The average molecular weight is 336 g/mol. The first-order valence-corrected chi connectivity index (χ1v) is 7.95. The second-order valence-corrected chi connectivity index (χ2v) is 6.25. The first-order chi connectivity index (χ1) is 11.4. The fourth-order valence-electron chi connectivity index (χ4n) is 3.03. The van der Waals surface area contributed by atoms with Gasteiger partial charge in [-0.3, -0.25) is 9.69 Å². The SMILES string of the molecule is Cc1cc(C(=O)NC[C@@H]2C[C@H](F)CN2Cc2c(C)noc2C)no1. The molecule has 1 aliphatic rings. The van der Waals surface area contributed by atoms with Crippen LogP contribution in [0.15, 0.2) is 15.1 Å². The van der Waals surface area contributed by atoms with E-state index in [1.165, 1.54) is 0 Å². The summed E-state index contributed by atoms with van der Waals surface area (Å²) >= 11 is 0. The molecule has 0 spiro atoms. The maximum absolute atomic E-state index is 13.9. The first-order valence-electron chi connectivity index (χ1n) is 7.95. The number of nitrogens with one attached hydrogen (secondary N) is 1. The Bertz CT molecular complexity index is 707. The summed E-state index contributed by atoms with van der Waals surface area (Å²) in [5.41, 5.74) is 2.03. The lowest BCUT2D eigenvalue weighted by Gasteiger charge is -2.24. The van der Waals surface area contributed by atoms with E-state index < -0.39 is 6.17 Å². The predicted molar refractivity (Wildman–Crippen MR) is 83.3 cm³/mol. The standard InChI is InChI=1S/C16H21FN4O3/c1-9-4-15(20-23-9)16(22)18-6-13-5-12(17)7-21(13)8-14-10(2)19-24-11(14)3/h4,12-13H,5-8H2,1-3H3,(H,18,22)/t12-,13-/m0/s1. The zero-order valence-corrected chi connectivity index (χ0v) is 14.0. The maximum Gasteiger partial charge on any atom is 0.273 e. The summed E-state index contributed by atoms with van der Waals surface area (Å²) in [7, 11) is 0. The Morgan fingerprint density at radius 2 is 2.17 bits per heavy atom. The quantitative estimate of drug-likeness (QED) is 0.898. The van der Waals surface area contributed by atoms with Crippen LogP contribution >= 0.6 is 0 Å². The third kappa shape index (κ3) is 3.48. The summed E-state index contributed by atoms with van der Waals surface area (Å²) in [5.74, 6) is 1.01. The van der Waals surface area contributed by atoms with Crippen molar-refractivity contribution in [2.75, 3.05) is 13.1 Å². The van der Waals surface area contributed by atoms with Gasteiger partial charge in [-0.25, -0.2) is 4.39 Å². The fraction of sp³-hybridized carbons (Fsp3) is 0.562. The minimum atomic E-state index is -0.901. The second kappa shape index (κ2) is 6.72. The number of alkyl halides is 1. The molecular formula is C16H21FN4O3. The van der Waals surface area contributed by atoms with E-state index in [2.05, 4.69) is 15.6 Å². The number of hydrogen-bond donors (Lipinski definition) is 1. The molecule has 0 radical (unpaired) electrons. The van der Waals surface area contributed by atoms with Crippen LogP contribution in [-0.2, 0) is 6.54 Å². The van der Waals surface area contributed by atoms with Crippen molar-refractivity contribution in [1.82, 2.24) is 20.5 Å². The van der Waals surface area contributed by atoms with Crippen LogP contribution in [0.3, 0.4) is 0 Å². The molecule has 3 heterocycles. The lowest BCUT2D eigenvalue weighted by Crippen LogP contribution is -2.40. The molecule has 0 aromatic carbocycles. The van der Waals surface area contributed by atoms with Crippen LogP contribution in [0.25, 0.3) is 0 Å². The summed E-state index contributed by atoms with van der Waals surface area (Å²) < 4.78 is 23.9. The van der Waals surface area contributed by atoms with Gasteiger partial charge in [0.05, 0.1) is 5.69 Å². The van der Waals surface area contributed by atoms with Gasteiger partial charge in [-0.2, -0.15) is 0 Å². The van der Waals surface area contributed by atoms with E-state index in [0.29, 0.717) is 31.8 Å².